The van der Waals surface area contributed by atoms with E-state index >= 15 is 0 Å². The molecule has 0 aromatic heterocycles. The Hall–Kier alpha value is -1.17. The normalized spacial score (nSPS) is 12.5. The van der Waals surface area contributed by atoms with Crippen molar-refractivity contribution in [3.63, 3.8) is 0 Å². The number of rotatable bonds is 4. The van der Waals surface area contributed by atoms with Gasteiger partial charge in [-0.3, -0.25) is 4.79 Å². The number of thiocarbonyl (C=S) groups is 1. The Labute approximate surface area is 101 Å². The van der Waals surface area contributed by atoms with Gasteiger partial charge in [0.15, 0.2) is 0 Å². The Balaban J connectivity index is 3.84. The van der Waals surface area contributed by atoms with Gasteiger partial charge in [-0.25, -0.2) is 4.79 Å². The van der Waals surface area contributed by atoms with Gasteiger partial charge in [-0.2, -0.15) is 0 Å². The molecule has 16 heavy (non-hydrogen) atoms. The monoisotopic (exact) mass is 246 g/mol. The first-order valence-corrected chi connectivity index (χ1v) is 5.43. The summed E-state index contributed by atoms with van der Waals surface area (Å²) in [7, 11) is 0. The smallest absolute Gasteiger partial charge is 0.408 e. The first-order chi connectivity index (χ1) is 7.24. The van der Waals surface area contributed by atoms with Gasteiger partial charge in [0.1, 0.15) is 12.1 Å². The average molecular weight is 246 g/mol. The first-order valence-electron chi connectivity index (χ1n) is 4.96. The van der Waals surface area contributed by atoms with Crippen LogP contribution in [0.4, 0.5) is 4.79 Å². The number of nitrogens with one attached hydrogen (secondary N) is 2. The van der Waals surface area contributed by atoms with Crippen LogP contribution in [0.3, 0.4) is 0 Å². The van der Waals surface area contributed by atoms with Gasteiger partial charge in [0.25, 0.3) is 0 Å². The second kappa shape index (κ2) is 6.42. The summed E-state index contributed by atoms with van der Waals surface area (Å²) in [5.74, 6) is -0.306. The Morgan fingerprint density at radius 3 is 2.44 bits per heavy atom. The Bertz CT molecular complexity index is 274. The van der Waals surface area contributed by atoms with Crippen LogP contribution in [0.15, 0.2) is 0 Å². The fraction of sp³-hybridized carbons (Fsp3) is 0.700. The highest BCUT2D eigenvalue weighted by Crippen LogP contribution is 2.05. The van der Waals surface area contributed by atoms with E-state index < -0.39 is 11.7 Å². The highest BCUT2D eigenvalue weighted by molar-refractivity contribution is 7.79. The molecule has 2 N–H and O–H groups in total. The fourth-order valence-electron chi connectivity index (χ4n) is 0.806. The first kappa shape index (κ1) is 14.8. The molecule has 0 aromatic carbocycles. The summed E-state index contributed by atoms with van der Waals surface area (Å²) in [5.41, 5.74) is -0.567. The van der Waals surface area contributed by atoms with Crippen molar-refractivity contribution in [2.75, 3.05) is 6.54 Å². The molecule has 0 aromatic rings. The van der Waals surface area contributed by atoms with Crippen LogP contribution in [-0.2, 0) is 9.53 Å². The average Bonchev–Trinajstić information content (AvgIpc) is 2.12. The van der Waals surface area contributed by atoms with Crippen LogP contribution >= 0.6 is 12.2 Å². The SMILES string of the molecule is CC(C=S)NC(=O)CNC(=O)OC(C)(C)C. The lowest BCUT2D eigenvalue weighted by molar-refractivity contribution is -0.120. The van der Waals surface area contributed by atoms with Crippen LogP contribution in [0.2, 0.25) is 0 Å². The quantitative estimate of drug-likeness (QED) is 0.727. The summed E-state index contributed by atoms with van der Waals surface area (Å²) in [6.07, 6.45) is -0.613. The van der Waals surface area contributed by atoms with E-state index in [4.69, 9.17) is 4.74 Å². The molecule has 0 aliphatic rings. The van der Waals surface area contributed by atoms with Gasteiger partial charge in [-0.15, -0.1) is 0 Å². The third-order valence-electron chi connectivity index (χ3n) is 1.38. The Morgan fingerprint density at radius 1 is 1.44 bits per heavy atom. The maximum absolute atomic E-state index is 11.2. The number of ether oxygens (including phenoxy) is 1. The van der Waals surface area contributed by atoms with Crippen LogP contribution in [0.25, 0.3) is 0 Å². The van der Waals surface area contributed by atoms with E-state index in [1.54, 1.807) is 27.7 Å². The zero-order valence-corrected chi connectivity index (χ0v) is 10.8. The summed E-state index contributed by atoms with van der Waals surface area (Å²) in [4.78, 5) is 22.4. The van der Waals surface area contributed by atoms with E-state index in [0.29, 0.717) is 0 Å². The van der Waals surface area contributed by atoms with E-state index in [1.807, 2.05) is 0 Å². The maximum Gasteiger partial charge on any atom is 0.408 e. The lowest BCUT2D eigenvalue weighted by Gasteiger charge is -2.19. The molecule has 0 heterocycles. The van der Waals surface area contributed by atoms with Crippen molar-refractivity contribution in [2.45, 2.75) is 39.3 Å². The molecule has 0 saturated carbocycles. The molecular weight excluding hydrogens is 228 g/mol. The third-order valence-corrected chi connectivity index (χ3v) is 1.79. The lowest BCUT2D eigenvalue weighted by Crippen LogP contribution is -2.42. The van der Waals surface area contributed by atoms with Crippen LogP contribution < -0.4 is 10.6 Å². The molecule has 0 radical (unpaired) electrons. The molecule has 0 rings (SSSR count). The molecule has 0 fully saturated rings. The summed E-state index contributed by atoms with van der Waals surface area (Å²) in [6, 6.07) is -0.192. The topological polar surface area (TPSA) is 67.4 Å². The number of alkyl carbamates (subject to hydrolysis) is 1. The van der Waals surface area contributed by atoms with Crippen molar-refractivity contribution >= 4 is 29.6 Å². The second-order valence-electron chi connectivity index (χ2n) is 4.35. The minimum atomic E-state index is -0.613. The van der Waals surface area contributed by atoms with Crippen LogP contribution in [-0.4, -0.2) is 35.6 Å². The highest BCUT2D eigenvalue weighted by Gasteiger charge is 2.16. The van der Waals surface area contributed by atoms with E-state index in [0.717, 1.165) is 0 Å². The van der Waals surface area contributed by atoms with Gasteiger partial charge in [-0.1, -0.05) is 12.2 Å². The van der Waals surface area contributed by atoms with Crippen molar-refractivity contribution in [3.8, 4) is 0 Å². The number of amides is 2. The van der Waals surface area contributed by atoms with Crippen molar-refractivity contribution in [3.05, 3.63) is 0 Å². The van der Waals surface area contributed by atoms with Gasteiger partial charge in [0.2, 0.25) is 5.91 Å². The molecule has 5 nitrogen and oxygen atoms in total. The van der Waals surface area contributed by atoms with Gasteiger partial charge in [0.05, 0.1) is 6.04 Å². The molecular formula is C10H18N2O3S. The molecule has 0 bridgehead atoms. The minimum Gasteiger partial charge on any atom is -0.444 e. The van der Waals surface area contributed by atoms with Crippen LogP contribution in [0.1, 0.15) is 27.7 Å². The van der Waals surface area contributed by atoms with Crippen molar-refractivity contribution in [1.29, 1.82) is 0 Å². The molecule has 0 saturated heterocycles. The van der Waals surface area contributed by atoms with Crippen molar-refractivity contribution in [1.82, 2.24) is 10.6 Å². The standard InChI is InChI=1S/C10H18N2O3S/c1-7(6-16)12-8(13)5-11-9(14)15-10(2,3)4/h6-7H,5H2,1-4H3,(H,11,14)(H,12,13). The Morgan fingerprint density at radius 2 is 2.00 bits per heavy atom. The van der Waals surface area contributed by atoms with Gasteiger partial charge in [0, 0.05) is 5.37 Å². The molecule has 1 unspecified atom stereocenters. The molecule has 1 atom stereocenters. The summed E-state index contributed by atoms with van der Waals surface area (Å²) >= 11 is 4.65. The number of carbonyl (C=O) groups excluding carboxylic acids is 2. The van der Waals surface area contributed by atoms with Gasteiger partial charge in [-0.05, 0) is 27.7 Å². The molecule has 0 aliphatic carbocycles. The minimum absolute atomic E-state index is 0.123. The number of hydrogen-bond acceptors (Lipinski definition) is 4. The molecule has 2 amide bonds. The van der Waals surface area contributed by atoms with E-state index in [-0.39, 0.29) is 18.5 Å². The number of carbonyl (C=O) groups is 2. The predicted molar refractivity (Wildman–Crippen MR) is 65.5 cm³/mol. The molecule has 92 valence electrons. The largest absolute Gasteiger partial charge is 0.444 e. The van der Waals surface area contributed by atoms with E-state index in [1.165, 1.54) is 5.37 Å². The second-order valence-corrected chi connectivity index (χ2v) is 4.62. The van der Waals surface area contributed by atoms with Gasteiger partial charge < -0.3 is 15.4 Å². The van der Waals surface area contributed by atoms with Crippen LogP contribution in [0.5, 0.6) is 0 Å². The third kappa shape index (κ3) is 8.16. The summed E-state index contributed by atoms with van der Waals surface area (Å²) in [6.45, 7) is 6.88. The van der Waals surface area contributed by atoms with Crippen LogP contribution in [0, 0.1) is 0 Å². The van der Waals surface area contributed by atoms with E-state index in [9.17, 15) is 9.59 Å². The lowest BCUT2D eigenvalue weighted by atomic mass is 10.2. The summed E-state index contributed by atoms with van der Waals surface area (Å²) in [5, 5.41) is 6.36. The molecule has 6 heteroatoms. The molecule has 0 aliphatic heterocycles. The summed E-state index contributed by atoms with van der Waals surface area (Å²) < 4.78 is 4.96. The van der Waals surface area contributed by atoms with E-state index in [2.05, 4.69) is 22.9 Å². The zero-order valence-electron chi connectivity index (χ0n) is 9.99. The van der Waals surface area contributed by atoms with Crippen molar-refractivity contribution in [2.24, 2.45) is 0 Å². The zero-order chi connectivity index (χ0) is 12.8. The number of hydrogen-bond donors (Lipinski definition) is 2. The fourth-order valence-corrected chi connectivity index (χ4v) is 0.874. The Kier molecular flexibility index (Phi) is 5.95. The van der Waals surface area contributed by atoms with Crippen molar-refractivity contribution < 1.29 is 14.3 Å². The predicted octanol–water partition coefficient (Wildman–Crippen LogP) is 1.02. The highest BCUT2D eigenvalue weighted by atomic mass is 32.1. The van der Waals surface area contributed by atoms with Gasteiger partial charge >= 0.3 is 6.09 Å². The molecule has 0 spiro atoms. The maximum atomic E-state index is 11.2.